The van der Waals surface area contributed by atoms with Crippen LogP contribution in [-0.2, 0) is 4.79 Å². The Morgan fingerprint density at radius 2 is 2.31 bits per heavy atom. The summed E-state index contributed by atoms with van der Waals surface area (Å²) < 4.78 is 0. The monoisotopic (exact) mass is 183 g/mol. The van der Waals surface area contributed by atoms with Crippen molar-refractivity contribution in [2.24, 2.45) is 0 Å². The lowest BCUT2D eigenvalue weighted by Crippen LogP contribution is -2.25. The van der Waals surface area contributed by atoms with Gasteiger partial charge in [0.05, 0.1) is 0 Å². The van der Waals surface area contributed by atoms with Crippen molar-refractivity contribution in [3.05, 3.63) is 24.3 Å². The molecule has 74 valence electrons. The highest BCUT2D eigenvalue weighted by Gasteiger charge is 1.99. The molecule has 0 bridgehead atoms. The van der Waals surface area contributed by atoms with Crippen molar-refractivity contribution in [1.82, 2.24) is 5.32 Å². The Morgan fingerprint density at radius 3 is 2.77 bits per heavy atom. The van der Waals surface area contributed by atoms with Crippen molar-refractivity contribution in [2.75, 3.05) is 6.54 Å². The van der Waals surface area contributed by atoms with Gasteiger partial charge in [-0.2, -0.15) is 0 Å². The summed E-state index contributed by atoms with van der Waals surface area (Å²) in [5.74, 6) is -0.863. The standard InChI is InChI=1S/C10H17NO2/c1-4-5-9(3)11-7-6-8(2)10(12)13/h4,6,9,11H,1,5,7H2,2-3H3,(H,12,13)/b8-6-. The third-order valence-corrected chi connectivity index (χ3v) is 1.73. The van der Waals surface area contributed by atoms with Gasteiger partial charge >= 0.3 is 5.97 Å². The fourth-order valence-corrected chi connectivity index (χ4v) is 0.834. The fraction of sp³-hybridized carbons (Fsp3) is 0.500. The van der Waals surface area contributed by atoms with Crippen LogP contribution in [0.2, 0.25) is 0 Å². The summed E-state index contributed by atoms with van der Waals surface area (Å²) in [5.41, 5.74) is 0.373. The Balaban J connectivity index is 3.71. The first-order valence-electron chi connectivity index (χ1n) is 4.32. The van der Waals surface area contributed by atoms with Crippen LogP contribution >= 0.6 is 0 Å². The SMILES string of the molecule is C=CCC(C)NC/C=C(/C)C(=O)O. The Morgan fingerprint density at radius 1 is 1.69 bits per heavy atom. The summed E-state index contributed by atoms with van der Waals surface area (Å²) in [5, 5.41) is 11.7. The van der Waals surface area contributed by atoms with E-state index in [0.717, 1.165) is 6.42 Å². The number of carbonyl (C=O) groups is 1. The van der Waals surface area contributed by atoms with E-state index in [2.05, 4.69) is 11.9 Å². The molecule has 0 aromatic heterocycles. The molecule has 0 radical (unpaired) electrons. The van der Waals surface area contributed by atoms with E-state index >= 15 is 0 Å². The second-order valence-corrected chi connectivity index (χ2v) is 3.03. The van der Waals surface area contributed by atoms with Crippen molar-refractivity contribution in [2.45, 2.75) is 26.3 Å². The molecule has 0 spiro atoms. The number of carboxylic acid groups (broad SMARTS) is 1. The van der Waals surface area contributed by atoms with Gasteiger partial charge in [-0.05, 0) is 20.3 Å². The summed E-state index contributed by atoms with van der Waals surface area (Å²) >= 11 is 0. The topological polar surface area (TPSA) is 49.3 Å². The van der Waals surface area contributed by atoms with Crippen molar-refractivity contribution in [3.8, 4) is 0 Å². The van der Waals surface area contributed by atoms with Crippen molar-refractivity contribution in [3.63, 3.8) is 0 Å². The third kappa shape index (κ3) is 6.11. The maximum Gasteiger partial charge on any atom is 0.330 e. The molecule has 0 aliphatic carbocycles. The van der Waals surface area contributed by atoms with Crippen molar-refractivity contribution < 1.29 is 9.90 Å². The van der Waals surface area contributed by atoms with Crippen LogP contribution in [0.1, 0.15) is 20.3 Å². The highest BCUT2D eigenvalue weighted by Crippen LogP contribution is 1.93. The van der Waals surface area contributed by atoms with Gasteiger partial charge < -0.3 is 10.4 Å². The van der Waals surface area contributed by atoms with Gasteiger partial charge in [0.2, 0.25) is 0 Å². The molecular weight excluding hydrogens is 166 g/mol. The molecule has 0 amide bonds. The highest BCUT2D eigenvalue weighted by atomic mass is 16.4. The molecule has 0 saturated heterocycles. The lowest BCUT2D eigenvalue weighted by atomic mass is 10.2. The van der Waals surface area contributed by atoms with E-state index in [9.17, 15) is 4.79 Å². The summed E-state index contributed by atoms with van der Waals surface area (Å²) in [6.45, 7) is 7.83. The van der Waals surface area contributed by atoms with E-state index in [1.807, 2.05) is 13.0 Å². The smallest absolute Gasteiger partial charge is 0.330 e. The van der Waals surface area contributed by atoms with E-state index in [-0.39, 0.29) is 0 Å². The average molecular weight is 183 g/mol. The summed E-state index contributed by atoms with van der Waals surface area (Å²) in [4.78, 5) is 10.4. The Kier molecular flexibility index (Phi) is 5.89. The minimum Gasteiger partial charge on any atom is -0.478 e. The molecule has 0 heterocycles. The van der Waals surface area contributed by atoms with E-state index < -0.39 is 5.97 Å². The molecule has 0 aliphatic heterocycles. The number of nitrogens with one attached hydrogen (secondary N) is 1. The number of rotatable bonds is 6. The van der Waals surface area contributed by atoms with Crippen molar-refractivity contribution in [1.29, 1.82) is 0 Å². The van der Waals surface area contributed by atoms with E-state index in [0.29, 0.717) is 18.2 Å². The predicted octanol–water partition coefficient (Wildman–Crippen LogP) is 1.57. The molecule has 0 aromatic rings. The van der Waals surface area contributed by atoms with Crippen LogP contribution in [0.15, 0.2) is 24.3 Å². The zero-order valence-electron chi connectivity index (χ0n) is 8.21. The van der Waals surface area contributed by atoms with Gasteiger partial charge in [0.25, 0.3) is 0 Å². The van der Waals surface area contributed by atoms with Gasteiger partial charge in [-0.3, -0.25) is 0 Å². The Labute approximate surface area is 79.2 Å². The average Bonchev–Trinajstić information content (AvgIpc) is 2.04. The molecule has 1 unspecified atom stereocenters. The second-order valence-electron chi connectivity index (χ2n) is 3.03. The van der Waals surface area contributed by atoms with Crippen LogP contribution in [0.5, 0.6) is 0 Å². The molecular formula is C10H17NO2. The van der Waals surface area contributed by atoms with Crippen LogP contribution in [0.25, 0.3) is 0 Å². The molecule has 0 rings (SSSR count). The number of hydrogen-bond donors (Lipinski definition) is 2. The second kappa shape index (κ2) is 6.43. The van der Waals surface area contributed by atoms with Crippen LogP contribution in [0, 0.1) is 0 Å². The predicted molar refractivity (Wildman–Crippen MR) is 53.7 cm³/mol. The van der Waals surface area contributed by atoms with Gasteiger partial charge in [0, 0.05) is 18.2 Å². The molecule has 13 heavy (non-hydrogen) atoms. The molecule has 3 nitrogen and oxygen atoms in total. The van der Waals surface area contributed by atoms with Gasteiger partial charge in [-0.1, -0.05) is 12.2 Å². The van der Waals surface area contributed by atoms with Crippen molar-refractivity contribution >= 4 is 5.97 Å². The van der Waals surface area contributed by atoms with Gasteiger partial charge in [-0.25, -0.2) is 4.79 Å². The molecule has 1 atom stereocenters. The Hall–Kier alpha value is -1.09. The fourth-order valence-electron chi connectivity index (χ4n) is 0.834. The summed E-state index contributed by atoms with van der Waals surface area (Å²) in [6.07, 6.45) is 4.40. The first-order chi connectivity index (χ1) is 6.07. The largest absolute Gasteiger partial charge is 0.478 e. The third-order valence-electron chi connectivity index (χ3n) is 1.73. The summed E-state index contributed by atoms with van der Waals surface area (Å²) in [6, 6.07) is 0.343. The molecule has 0 saturated carbocycles. The maximum atomic E-state index is 10.4. The number of hydrogen-bond acceptors (Lipinski definition) is 2. The van der Waals surface area contributed by atoms with Crippen LogP contribution < -0.4 is 5.32 Å². The minimum atomic E-state index is -0.863. The van der Waals surface area contributed by atoms with Crippen LogP contribution in [0.4, 0.5) is 0 Å². The lowest BCUT2D eigenvalue weighted by Gasteiger charge is -2.08. The minimum absolute atomic E-state index is 0.343. The lowest BCUT2D eigenvalue weighted by molar-refractivity contribution is -0.132. The quantitative estimate of drug-likeness (QED) is 0.485. The first-order valence-corrected chi connectivity index (χ1v) is 4.32. The van der Waals surface area contributed by atoms with Gasteiger partial charge in [0.1, 0.15) is 0 Å². The molecule has 3 heteroatoms. The van der Waals surface area contributed by atoms with Crippen LogP contribution in [-0.4, -0.2) is 23.7 Å². The Bertz CT molecular complexity index is 209. The highest BCUT2D eigenvalue weighted by molar-refractivity contribution is 5.85. The normalized spacial score (nSPS) is 13.8. The molecule has 0 aromatic carbocycles. The molecule has 2 N–H and O–H groups in total. The van der Waals surface area contributed by atoms with E-state index in [4.69, 9.17) is 5.11 Å². The van der Waals surface area contributed by atoms with Crippen LogP contribution in [0.3, 0.4) is 0 Å². The first kappa shape index (κ1) is 11.9. The van der Waals surface area contributed by atoms with E-state index in [1.165, 1.54) is 0 Å². The molecule has 0 fully saturated rings. The zero-order chi connectivity index (χ0) is 10.3. The zero-order valence-corrected chi connectivity index (χ0v) is 8.21. The number of carboxylic acids is 1. The maximum absolute atomic E-state index is 10.4. The van der Waals surface area contributed by atoms with Gasteiger partial charge in [-0.15, -0.1) is 6.58 Å². The molecule has 0 aliphatic rings. The van der Waals surface area contributed by atoms with E-state index in [1.54, 1.807) is 13.0 Å². The number of aliphatic carboxylic acids is 1. The summed E-state index contributed by atoms with van der Waals surface area (Å²) in [7, 11) is 0. The van der Waals surface area contributed by atoms with Gasteiger partial charge in [0.15, 0.2) is 0 Å².